The molecule has 4 bridgehead atoms. The van der Waals surface area contributed by atoms with Gasteiger partial charge in [-0.3, -0.25) is 0 Å². The van der Waals surface area contributed by atoms with Crippen LogP contribution >= 0.6 is 0 Å². The standard InChI is InChI=1S/C16H16/c1-2-9-14(3-4-14)8(1)15-10-6-5-7(11(10)15)13-12(6)16(9,13)15/h1-2,6-13H,3-5H2. The van der Waals surface area contributed by atoms with E-state index in [1.807, 2.05) is 0 Å². The maximum absolute atomic E-state index is 2.72. The van der Waals surface area contributed by atoms with Gasteiger partial charge < -0.3 is 0 Å². The molecule has 0 heteroatoms. The van der Waals surface area contributed by atoms with Crippen LogP contribution < -0.4 is 0 Å². The second-order valence-corrected chi connectivity index (χ2v) is 8.61. The molecule has 80 valence electrons. The van der Waals surface area contributed by atoms with Gasteiger partial charge in [0.2, 0.25) is 0 Å². The lowest BCUT2D eigenvalue weighted by Crippen LogP contribution is -2.23. The zero-order chi connectivity index (χ0) is 9.65. The lowest BCUT2D eigenvalue weighted by atomic mass is 9.77. The van der Waals surface area contributed by atoms with E-state index in [-0.39, 0.29) is 0 Å². The summed E-state index contributed by atoms with van der Waals surface area (Å²) in [6, 6.07) is 0. The van der Waals surface area contributed by atoms with Crippen molar-refractivity contribution in [2.24, 2.45) is 63.6 Å². The largest absolute Gasteiger partial charge is 0.0839 e. The van der Waals surface area contributed by atoms with E-state index in [1.165, 1.54) is 35.5 Å². The molecular formula is C16H16. The van der Waals surface area contributed by atoms with Crippen LogP contribution in [0.5, 0.6) is 0 Å². The summed E-state index contributed by atoms with van der Waals surface area (Å²) in [5.74, 6) is 9.78. The third kappa shape index (κ3) is 0.271. The molecule has 0 aromatic carbocycles. The summed E-state index contributed by atoms with van der Waals surface area (Å²) in [4.78, 5) is 0. The van der Waals surface area contributed by atoms with E-state index in [9.17, 15) is 0 Å². The summed E-state index contributed by atoms with van der Waals surface area (Å²) in [7, 11) is 0. The maximum atomic E-state index is 2.72. The van der Waals surface area contributed by atoms with Crippen LogP contribution in [0.25, 0.3) is 0 Å². The Morgan fingerprint density at radius 3 is 1.69 bits per heavy atom. The smallest absolute Gasteiger partial charge is 0.00931 e. The van der Waals surface area contributed by atoms with Gasteiger partial charge in [-0.2, -0.15) is 0 Å². The Morgan fingerprint density at radius 2 is 1.25 bits per heavy atom. The highest BCUT2D eigenvalue weighted by Crippen LogP contribution is 3.13. The van der Waals surface area contributed by atoms with Gasteiger partial charge in [-0.25, -0.2) is 0 Å². The lowest BCUT2D eigenvalue weighted by molar-refractivity contribution is 0.249. The Labute approximate surface area is 95.5 Å². The zero-order valence-electron chi connectivity index (χ0n) is 9.39. The molecule has 6 atom stereocenters. The first-order chi connectivity index (χ1) is 7.90. The van der Waals surface area contributed by atoms with Crippen molar-refractivity contribution in [3.8, 4) is 0 Å². The zero-order valence-corrected chi connectivity index (χ0v) is 9.39. The van der Waals surface area contributed by atoms with E-state index in [1.54, 1.807) is 19.3 Å². The number of allylic oxidation sites excluding steroid dienone is 2. The molecule has 6 unspecified atom stereocenters. The average molecular weight is 208 g/mol. The molecule has 0 aromatic heterocycles. The van der Waals surface area contributed by atoms with Gasteiger partial charge in [0.25, 0.3) is 0 Å². The van der Waals surface area contributed by atoms with Gasteiger partial charge in [0.15, 0.2) is 0 Å². The fourth-order valence-corrected chi connectivity index (χ4v) is 10.1. The highest BCUT2D eigenvalue weighted by atomic mass is 15.1. The normalized spacial score (nSPS) is 90.5. The van der Waals surface area contributed by atoms with Crippen molar-refractivity contribution < 1.29 is 0 Å². The summed E-state index contributed by atoms with van der Waals surface area (Å²) in [6.07, 6.45) is 10.3. The van der Waals surface area contributed by atoms with Gasteiger partial charge in [0.05, 0.1) is 0 Å². The second kappa shape index (κ2) is 1.27. The predicted molar refractivity (Wildman–Crippen MR) is 58.2 cm³/mol. The van der Waals surface area contributed by atoms with Gasteiger partial charge in [-0.15, -0.1) is 0 Å². The monoisotopic (exact) mass is 208 g/mol. The molecule has 9 rings (SSSR count). The van der Waals surface area contributed by atoms with E-state index in [4.69, 9.17) is 0 Å². The van der Waals surface area contributed by atoms with Crippen molar-refractivity contribution in [3.05, 3.63) is 12.2 Å². The molecule has 0 nitrogen and oxygen atoms in total. The van der Waals surface area contributed by atoms with E-state index in [2.05, 4.69) is 12.2 Å². The van der Waals surface area contributed by atoms with Crippen LogP contribution in [0.3, 0.4) is 0 Å². The van der Waals surface area contributed by atoms with Gasteiger partial charge in [0.1, 0.15) is 0 Å². The van der Waals surface area contributed by atoms with Crippen molar-refractivity contribution in [1.82, 2.24) is 0 Å². The molecule has 0 saturated heterocycles. The maximum Gasteiger partial charge on any atom is -0.00931 e. The molecule has 0 radical (unpaired) electrons. The molecule has 9 aliphatic carbocycles. The predicted octanol–water partition coefficient (Wildman–Crippen LogP) is 2.71. The highest BCUT2D eigenvalue weighted by Gasteiger charge is 3.10. The molecule has 0 aromatic rings. The average Bonchev–Trinajstić information content (AvgIpc) is 3.16. The van der Waals surface area contributed by atoms with Crippen LogP contribution in [0.15, 0.2) is 12.2 Å². The Balaban J connectivity index is 1.60. The minimum Gasteiger partial charge on any atom is -0.0839 e. The molecule has 0 N–H and O–H groups in total. The van der Waals surface area contributed by atoms with Gasteiger partial charge >= 0.3 is 0 Å². The fourth-order valence-electron chi connectivity index (χ4n) is 10.1. The van der Waals surface area contributed by atoms with Crippen molar-refractivity contribution in [1.29, 1.82) is 0 Å². The van der Waals surface area contributed by atoms with Crippen LogP contribution in [0.4, 0.5) is 0 Å². The molecule has 3 spiro atoms. The molecule has 16 heavy (non-hydrogen) atoms. The lowest BCUT2D eigenvalue weighted by Gasteiger charge is -2.26. The molecular weight excluding hydrogens is 192 g/mol. The molecule has 0 amide bonds. The third-order valence-electron chi connectivity index (χ3n) is 9.49. The highest BCUT2D eigenvalue weighted by molar-refractivity contribution is 5.59. The number of hydrogen-bond donors (Lipinski definition) is 0. The molecule has 8 fully saturated rings. The Hall–Kier alpha value is -0.260. The topological polar surface area (TPSA) is 0 Å². The van der Waals surface area contributed by atoms with Crippen LogP contribution in [0.1, 0.15) is 19.3 Å². The van der Waals surface area contributed by atoms with Crippen molar-refractivity contribution >= 4 is 0 Å². The first-order valence-corrected chi connectivity index (χ1v) is 7.58. The Kier molecular flexibility index (Phi) is 0.526. The van der Waals surface area contributed by atoms with Crippen molar-refractivity contribution in [2.45, 2.75) is 19.3 Å². The SMILES string of the molecule is C1=CC2C3(CC3)C1C13C4C5CC(C41)C1C5C123. The van der Waals surface area contributed by atoms with E-state index in [0.717, 1.165) is 28.1 Å². The van der Waals surface area contributed by atoms with Gasteiger partial charge in [0, 0.05) is 0 Å². The van der Waals surface area contributed by atoms with Gasteiger partial charge in [-0.1, -0.05) is 12.2 Å². The summed E-state index contributed by atoms with van der Waals surface area (Å²) >= 11 is 0. The quantitative estimate of drug-likeness (QED) is 0.537. The van der Waals surface area contributed by atoms with E-state index in [0.29, 0.717) is 0 Å². The van der Waals surface area contributed by atoms with Crippen molar-refractivity contribution in [2.75, 3.05) is 0 Å². The Bertz CT molecular complexity index is 486. The fraction of sp³-hybridized carbons (Fsp3) is 0.875. The minimum absolute atomic E-state index is 0.882. The van der Waals surface area contributed by atoms with Crippen LogP contribution in [-0.2, 0) is 0 Å². The summed E-state index contributed by atoms with van der Waals surface area (Å²) in [6.45, 7) is 0. The molecule has 9 aliphatic rings. The second-order valence-electron chi connectivity index (χ2n) is 8.61. The molecule has 8 saturated carbocycles. The summed E-state index contributed by atoms with van der Waals surface area (Å²) < 4.78 is 0. The van der Waals surface area contributed by atoms with Crippen LogP contribution in [0, 0.1) is 63.6 Å². The van der Waals surface area contributed by atoms with Crippen LogP contribution in [0.2, 0.25) is 0 Å². The third-order valence-corrected chi connectivity index (χ3v) is 9.49. The summed E-state index contributed by atoms with van der Waals surface area (Å²) in [5.41, 5.74) is 2.81. The van der Waals surface area contributed by atoms with Crippen molar-refractivity contribution in [3.63, 3.8) is 0 Å². The molecule has 0 aliphatic heterocycles. The van der Waals surface area contributed by atoms with Crippen LogP contribution in [-0.4, -0.2) is 0 Å². The van der Waals surface area contributed by atoms with E-state index >= 15 is 0 Å². The number of hydrogen-bond acceptors (Lipinski definition) is 0. The Morgan fingerprint density at radius 1 is 0.750 bits per heavy atom. The minimum atomic E-state index is 0.882. The first-order valence-electron chi connectivity index (χ1n) is 7.58. The molecule has 0 heterocycles. The number of rotatable bonds is 0. The summed E-state index contributed by atoms with van der Waals surface area (Å²) in [5, 5.41) is 0. The first kappa shape index (κ1) is 6.61. The van der Waals surface area contributed by atoms with E-state index < -0.39 is 0 Å². The van der Waals surface area contributed by atoms with Gasteiger partial charge in [-0.05, 0) is 82.9 Å².